The first-order valence-corrected chi connectivity index (χ1v) is 7.24. The molecule has 0 spiro atoms. The Hall–Kier alpha value is -0.750. The van der Waals surface area contributed by atoms with Crippen LogP contribution in [0.1, 0.15) is 13.3 Å². The Morgan fingerprint density at radius 3 is 2.88 bits per heavy atom. The van der Waals surface area contributed by atoms with Crippen molar-refractivity contribution in [1.82, 2.24) is 15.5 Å². The smallest absolute Gasteiger partial charge is 0.311 e. The van der Waals surface area contributed by atoms with Gasteiger partial charge in [-0.05, 0) is 19.2 Å². The maximum Gasteiger partial charge on any atom is 0.311 e. The second-order valence-corrected chi connectivity index (χ2v) is 5.43. The van der Waals surface area contributed by atoms with Gasteiger partial charge in [-0.2, -0.15) is 11.8 Å². The first-order chi connectivity index (χ1) is 8.15. The van der Waals surface area contributed by atoms with Crippen LogP contribution in [0.4, 0.5) is 0 Å². The van der Waals surface area contributed by atoms with Crippen LogP contribution in [0.5, 0.6) is 0 Å². The average Bonchev–Trinajstić information content (AvgIpc) is 2.63. The van der Waals surface area contributed by atoms with Crippen LogP contribution in [0, 0.1) is 0 Å². The normalized spacial score (nSPS) is 18.4. The minimum atomic E-state index is -0.479. The van der Waals surface area contributed by atoms with Crippen molar-refractivity contribution in [2.24, 2.45) is 0 Å². The molecule has 0 saturated carbocycles. The summed E-state index contributed by atoms with van der Waals surface area (Å²) in [5.74, 6) is -0.880. The summed E-state index contributed by atoms with van der Waals surface area (Å²) >= 11 is 1.67. The minimum Gasteiger partial charge on any atom is -0.347 e. The van der Waals surface area contributed by atoms with Gasteiger partial charge in [0.15, 0.2) is 0 Å². The van der Waals surface area contributed by atoms with Gasteiger partial charge in [-0.1, -0.05) is 6.92 Å². The van der Waals surface area contributed by atoms with Crippen LogP contribution in [-0.2, 0) is 9.59 Å². The molecule has 1 unspecified atom stereocenters. The highest BCUT2D eigenvalue weighted by Crippen LogP contribution is 2.02. The van der Waals surface area contributed by atoms with Crippen LogP contribution in [0.25, 0.3) is 0 Å². The second-order valence-electron chi connectivity index (χ2n) is 4.15. The Balaban J connectivity index is 2.36. The third-order valence-corrected chi connectivity index (χ3v) is 3.75. The van der Waals surface area contributed by atoms with Gasteiger partial charge in [0.1, 0.15) is 0 Å². The maximum absolute atomic E-state index is 11.8. The fraction of sp³-hybridized carbons (Fsp3) is 0.818. The van der Waals surface area contributed by atoms with Crippen LogP contribution < -0.4 is 10.6 Å². The van der Waals surface area contributed by atoms with Gasteiger partial charge >= 0.3 is 11.8 Å². The molecule has 6 heteroatoms. The molecule has 0 aromatic carbocycles. The van der Waals surface area contributed by atoms with E-state index in [1.807, 2.05) is 13.2 Å². The maximum atomic E-state index is 11.8. The molecule has 0 aromatic rings. The molecule has 98 valence electrons. The fourth-order valence-electron chi connectivity index (χ4n) is 1.59. The monoisotopic (exact) mass is 259 g/mol. The molecule has 1 fully saturated rings. The zero-order chi connectivity index (χ0) is 12.7. The zero-order valence-corrected chi connectivity index (χ0v) is 11.3. The summed E-state index contributed by atoms with van der Waals surface area (Å²) in [6.45, 7) is 5.51. The molecule has 1 saturated heterocycles. The number of hydrogen-bond acceptors (Lipinski definition) is 4. The lowest BCUT2D eigenvalue weighted by Gasteiger charge is -2.19. The van der Waals surface area contributed by atoms with E-state index in [2.05, 4.69) is 10.6 Å². The molecular weight excluding hydrogens is 238 g/mol. The van der Waals surface area contributed by atoms with Gasteiger partial charge < -0.3 is 15.5 Å². The Kier molecular flexibility index (Phi) is 6.36. The summed E-state index contributed by atoms with van der Waals surface area (Å²) in [7, 11) is 0. The molecule has 1 rings (SSSR count). The van der Waals surface area contributed by atoms with E-state index in [4.69, 9.17) is 0 Å². The number of nitrogens with zero attached hydrogens (tertiary/aromatic N) is 1. The molecule has 2 amide bonds. The number of carbonyl (C=O) groups excluding carboxylic acids is 2. The van der Waals surface area contributed by atoms with Crippen molar-refractivity contribution in [3.8, 4) is 0 Å². The SMILES string of the molecule is CSC(C)CNC(=O)C(=O)N1CCCNCC1. The van der Waals surface area contributed by atoms with Gasteiger partial charge in [-0.3, -0.25) is 9.59 Å². The van der Waals surface area contributed by atoms with E-state index in [9.17, 15) is 9.59 Å². The Morgan fingerprint density at radius 2 is 2.18 bits per heavy atom. The van der Waals surface area contributed by atoms with E-state index < -0.39 is 11.8 Å². The second kappa shape index (κ2) is 7.55. The fourth-order valence-corrected chi connectivity index (χ4v) is 1.84. The highest BCUT2D eigenvalue weighted by atomic mass is 32.2. The number of rotatable bonds is 3. The van der Waals surface area contributed by atoms with Crippen molar-refractivity contribution in [1.29, 1.82) is 0 Å². The third kappa shape index (κ3) is 4.95. The molecule has 1 heterocycles. The minimum absolute atomic E-state index is 0.331. The molecular formula is C11H21N3O2S. The predicted molar refractivity (Wildman–Crippen MR) is 70.1 cm³/mol. The molecule has 0 aliphatic carbocycles. The summed E-state index contributed by atoms with van der Waals surface area (Å²) in [4.78, 5) is 25.1. The van der Waals surface area contributed by atoms with Crippen molar-refractivity contribution < 1.29 is 9.59 Å². The van der Waals surface area contributed by atoms with Gasteiger partial charge in [0.2, 0.25) is 0 Å². The van der Waals surface area contributed by atoms with Crippen molar-refractivity contribution in [3.05, 3.63) is 0 Å². The quantitative estimate of drug-likeness (QED) is 0.682. The predicted octanol–water partition coefficient (Wildman–Crippen LogP) is -0.324. The highest BCUT2D eigenvalue weighted by molar-refractivity contribution is 7.99. The van der Waals surface area contributed by atoms with Crippen molar-refractivity contribution >= 4 is 23.6 Å². The van der Waals surface area contributed by atoms with E-state index in [1.54, 1.807) is 16.7 Å². The lowest BCUT2D eigenvalue weighted by atomic mass is 10.3. The Labute approximate surface area is 107 Å². The average molecular weight is 259 g/mol. The van der Waals surface area contributed by atoms with Crippen LogP contribution in [0.15, 0.2) is 0 Å². The van der Waals surface area contributed by atoms with Crippen molar-refractivity contribution in [2.45, 2.75) is 18.6 Å². The van der Waals surface area contributed by atoms with E-state index in [1.165, 1.54) is 0 Å². The van der Waals surface area contributed by atoms with E-state index in [0.29, 0.717) is 24.9 Å². The summed E-state index contributed by atoms with van der Waals surface area (Å²) in [5, 5.41) is 6.21. The number of carbonyl (C=O) groups is 2. The molecule has 0 aromatic heterocycles. The third-order valence-electron chi connectivity index (χ3n) is 2.77. The Bertz CT molecular complexity index is 265. The van der Waals surface area contributed by atoms with Crippen LogP contribution in [0.2, 0.25) is 0 Å². The molecule has 2 N–H and O–H groups in total. The molecule has 1 aliphatic heterocycles. The van der Waals surface area contributed by atoms with Gasteiger partial charge in [0, 0.05) is 31.4 Å². The number of hydrogen-bond donors (Lipinski definition) is 2. The molecule has 0 bridgehead atoms. The first-order valence-electron chi connectivity index (χ1n) is 5.95. The van der Waals surface area contributed by atoms with E-state index in [-0.39, 0.29) is 0 Å². The van der Waals surface area contributed by atoms with Gasteiger partial charge in [-0.25, -0.2) is 0 Å². The van der Waals surface area contributed by atoms with E-state index >= 15 is 0 Å². The topological polar surface area (TPSA) is 61.4 Å². The molecule has 5 nitrogen and oxygen atoms in total. The summed E-state index contributed by atoms with van der Waals surface area (Å²) in [6, 6.07) is 0. The van der Waals surface area contributed by atoms with Crippen LogP contribution in [-0.4, -0.2) is 60.9 Å². The Morgan fingerprint density at radius 1 is 1.41 bits per heavy atom. The van der Waals surface area contributed by atoms with Gasteiger partial charge in [-0.15, -0.1) is 0 Å². The number of nitrogens with one attached hydrogen (secondary N) is 2. The highest BCUT2D eigenvalue weighted by Gasteiger charge is 2.22. The molecule has 1 aliphatic rings. The van der Waals surface area contributed by atoms with Crippen molar-refractivity contribution in [3.63, 3.8) is 0 Å². The van der Waals surface area contributed by atoms with Crippen molar-refractivity contribution in [2.75, 3.05) is 39.0 Å². The summed E-state index contributed by atoms with van der Waals surface area (Å²) in [6.07, 6.45) is 2.89. The molecule has 0 radical (unpaired) electrons. The first kappa shape index (κ1) is 14.3. The van der Waals surface area contributed by atoms with Gasteiger partial charge in [0.25, 0.3) is 0 Å². The van der Waals surface area contributed by atoms with Gasteiger partial charge in [0.05, 0.1) is 0 Å². The van der Waals surface area contributed by atoms with E-state index in [0.717, 1.165) is 19.5 Å². The van der Waals surface area contributed by atoms with Crippen LogP contribution in [0.3, 0.4) is 0 Å². The summed E-state index contributed by atoms with van der Waals surface area (Å²) < 4.78 is 0. The molecule has 17 heavy (non-hydrogen) atoms. The zero-order valence-electron chi connectivity index (χ0n) is 10.5. The summed E-state index contributed by atoms with van der Waals surface area (Å²) in [5.41, 5.74) is 0. The lowest BCUT2D eigenvalue weighted by Crippen LogP contribution is -2.45. The standard InChI is InChI=1S/C11H21N3O2S/c1-9(17-2)8-13-10(15)11(16)14-6-3-4-12-5-7-14/h9,12H,3-8H2,1-2H3,(H,13,15). The van der Waals surface area contributed by atoms with Crippen LogP contribution >= 0.6 is 11.8 Å². The number of thioether (sulfide) groups is 1. The lowest BCUT2D eigenvalue weighted by molar-refractivity contribution is -0.145. The molecule has 1 atom stereocenters. The largest absolute Gasteiger partial charge is 0.347 e. The number of amides is 2.